The summed E-state index contributed by atoms with van der Waals surface area (Å²) in [7, 11) is 0. The van der Waals surface area contributed by atoms with Gasteiger partial charge in [-0.25, -0.2) is 0 Å². The van der Waals surface area contributed by atoms with Gasteiger partial charge in [-0.15, -0.1) is 0 Å². The van der Waals surface area contributed by atoms with Gasteiger partial charge in [0.25, 0.3) is 0 Å². The van der Waals surface area contributed by atoms with Gasteiger partial charge in [-0.3, -0.25) is 9.48 Å². The van der Waals surface area contributed by atoms with Gasteiger partial charge in [0.2, 0.25) is 5.91 Å². The quantitative estimate of drug-likeness (QED) is 0.871. The zero-order valence-corrected chi connectivity index (χ0v) is 12.8. The van der Waals surface area contributed by atoms with Crippen LogP contribution in [0.1, 0.15) is 26.2 Å². The summed E-state index contributed by atoms with van der Waals surface area (Å²) in [6, 6.07) is 0. The van der Waals surface area contributed by atoms with Crippen molar-refractivity contribution in [2.24, 2.45) is 5.92 Å². The molecule has 1 amide bonds. The summed E-state index contributed by atoms with van der Waals surface area (Å²) in [5.41, 5.74) is 0. The highest BCUT2D eigenvalue weighted by Gasteiger charge is 2.20. The Kier molecular flexibility index (Phi) is 5.86. The first kappa shape index (κ1) is 15.3. The number of piperidine rings is 1. The van der Waals surface area contributed by atoms with Crippen molar-refractivity contribution >= 4 is 17.5 Å². The fourth-order valence-electron chi connectivity index (χ4n) is 2.61. The SMILES string of the molecule is CCN1CCC(CC(=O)NCCn2cc(Cl)cn2)CC1. The van der Waals surface area contributed by atoms with Crippen LogP contribution < -0.4 is 5.32 Å². The maximum Gasteiger partial charge on any atom is 0.220 e. The average Bonchev–Trinajstić information content (AvgIpc) is 2.85. The van der Waals surface area contributed by atoms with Crippen LogP contribution in [-0.4, -0.2) is 46.8 Å². The van der Waals surface area contributed by atoms with E-state index in [4.69, 9.17) is 11.6 Å². The second-order valence-electron chi connectivity index (χ2n) is 5.35. The minimum absolute atomic E-state index is 0.151. The molecule has 1 aromatic heterocycles. The molecule has 0 saturated carbocycles. The number of hydrogen-bond donors (Lipinski definition) is 1. The highest BCUT2D eigenvalue weighted by atomic mass is 35.5. The van der Waals surface area contributed by atoms with Crippen molar-refractivity contribution in [3.05, 3.63) is 17.4 Å². The zero-order valence-electron chi connectivity index (χ0n) is 12.0. The minimum atomic E-state index is 0.151. The van der Waals surface area contributed by atoms with Gasteiger partial charge in [0.15, 0.2) is 0 Å². The van der Waals surface area contributed by atoms with Gasteiger partial charge in [-0.05, 0) is 38.4 Å². The molecule has 6 heteroatoms. The normalized spacial score (nSPS) is 17.3. The fourth-order valence-corrected chi connectivity index (χ4v) is 2.77. The summed E-state index contributed by atoms with van der Waals surface area (Å²) in [5, 5.41) is 7.65. The number of likely N-dealkylation sites (tertiary alicyclic amines) is 1. The van der Waals surface area contributed by atoms with E-state index in [9.17, 15) is 4.79 Å². The number of nitrogens with zero attached hydrogens (tertiary/aromatic N) is 3. The second kappa shape index (κ2) is 7.64. The number of nitrogens with one attached hydrogen (secondary N) is 1. The van der Waals surface area contributed by atoms with Crippen LogP contribution >= 0.6 is 11.6 Å². The van der Waals surface area contributed by atoms with E-state index in [0.717, 1.165) is 32.5 Å². The molecule has 5 nitrogen and oxygen atoms in total. The van der Waals surface area contributed by atoms with E-state index >= 15 is 0 Å². The number of carbonyl (C=O) groups is 1. The van der Waals surface area contributed by atoms with Crippen LogP contribution in [0.2, 0.25) is 5.02 Å². The molecule has 0 radical (unpaired) electrons. The third kappa shape index (κ3) is 4.80. The number of aromatic nitrogens is 2. The monoisotopic (exact) mass is 298 g/mol. The summed E-state index contributed by atoms with van der Waals surface area (Å²) in [5.74, 6) is 0.690. The van der Waals surface area contributed by atoms with Crippen molar-refractivity contribution in [3.8, 4) is 0 Å². The topological polar surface area (TPSA) is 50.2 Å². The summed E-state index contributed by atoms with van der Waals surface area (Å²) >= 11 is 5.78. The predicted octanol–water partition coefficient (Wildman–Crippen LogP) is 1.77. The maximum atomic E-state index is 11.9. The second-order valence-corrected chi connectivity index (χ2v) is 5.79. The summed E-state index contributed by atoms with van der Waals surface area (Å²) < 4.78 is 1.74. The van der Waals surface area contributed by atoms with Gasteiger partial charge in [0.05, 0.1) is 17.8 Å². The molecule has 1 saturated heterocycles. The Balaban J connectivity index is 1.61. The molecule has 0 unspecified atom stereocenters. The molecule has 2 rings (SSSR count). The van der Waals surface area contributed by atoms with Crippen LogP contribution in [0, 0.1) is 5.92 Å². The van der Waals surface area contributed by atoms with E-state index in [-0.39, 0.29) is 5.91 Å². The number of hydrogen-bond acceptors (Lipinski definition) is 3. The van der Waals surface area contributed by atoms with Gasteiger partial charge in [0, 0.05) is 19.2 Å². The zero-order chi connectivity index (χ0) is 14.4. The van der Waals surface area contributed by atoms with Gasteiger partial charge < -0.3 is 10.2 Å². The van der Waals surface area contributed by atoms with E-state index in [0.29, 0.717) is 30.5 Å². The lowest BCUT2D eigenvalue weighted by atomic mass is 9.93. The molecule has 0 bridgehead atoms. The molecular weight excluding hydrogens is 276 g/mol. The minimum Gasteiger partial charge on any atom is -0.354 e. The van der Waals surface area contributed by atoms with Crippen LogP contribution in [0.5, 0.6) is 0 Å². The molecule has 1 fully saturated rings. The fraction of sp³-hybridized carbons (Fsp3) is 0.714. The molecule has 112 valence electrons. The maximum absolute atomic E-state index is 11.9. The van der Waals surface area contributed by atoms with Gasteiger partial charge in [-0.2, -0.15) is 5.10 Å². The molecule has 0 atom stereocenters. The Bertz CT molecular complexity index is 427. The van der Waals surface area contributed by atoms with Crippen molar-refractivity contribution < 1.29 is 4.79 Å². The molecule has 0 aliphatic carbocycles. The van der Waals surface area contributed by atoms with Crippen LogP contribution in [0.3, 0.4) is 0 Å². The number of halogens is 1. The highest BCUT2D eigenvalue weighted by molar-refractivity contribution is 6.30. The van der Waals surface area contributed by atoms with Gasteiger partial charge in [0.1, 0.15) is 0 Å². The lowest BCUT2D eigenvalue weighted by Crippen LogP contribution is -2.36. The van der Waals surface area contributed by atoms with E-state index in [1.54, 1.807) is 17.1 Å². The highest BCUT2D eigenvalue weighted by Crippen LogP contribution is 2.19. The first-order chi connectivity index (χ1) is 9.67. The molecule has 0 spiro atoms. The van der Waals surface area contributed by atoms with Crippen molar-refractivity contribution in [3.63, 3.8) is 0 Å². The van der Waals surface area contributed by atoms with Crippen LogP contribution in [0.25, 0.3) is 0 Å². The molecule has 1 aromatic rings. The lowest BCUT2D eigenvalue weighted by molar-refractivity contribution is -0.122. The van der Waals surface area contributed by atoms with Crippen molar-refractivity contribution in [2.45, 2.75) is 32.7 Å². The van der Waals surface area contributed by atoms with E-state index < -0.39 is 0 Å². The summed E-state index contributed by atoms with van der Waals surface area (Å²) in [4.78, 5) is 14.3. The molecule has 1 aliphatic heterocycles. The summed E-state index contributed by atoms with van der Waals surface area (Å²) in [6.07, 6.45) is 6.28. The Hall–Kier alpha value is -1.07. The Morgan fingerprint density at radius 3 is 2.85 bits per heavy atom. The Morgan fingerprint density at radius 1 is 1.50 bits per heavy atom. The smallest absolute Gasteiger partial charge is 0.220 e. The molecule has 2 heterocycles. The molecule has 1 N–H and O–H groups in total. The van der Waals surface area contributed by atoms with Crippen LogP contribution in [0.4, 0.5) is 0 Å². The largest absolute Gasteiger partial charge is 0.354 e. The third-order valence-corrected chi connectivity index (χ3v) is 4.09. The molecule has 20 heavy (non-hydrogen) atoms. The summed E-state index contributed by atoms with van der Waals surface area (Å²) in [6.45, 7) is 6.82. The Labute approximate surface area is 125 Å². The molecule has 0 aromatic carbocycles. The van der Waals surface area contributed by atoms with Crippen molar-refractivity contribution in [2.75, 3.05) is 26.2 Å². The standard InChI is InChI=1S/C14H23ClN4O/c1-2-18-6-3-12(4-7-18)9-14(20)16-5-8-19-11-13(15)10-17-19/h10-12H,2-9H2,1H3,(H,16,20). The first-order valence-electron chi connectivity index (χ1n) is 7.34. The van der Waals surface area contributed by atoms with Crippen LogP contribution in [-0.2, 0) is 11.3 Å². The lowest BCUT2D eigenvalue weighted by Gasteiger charge is -2.30. The Morgan fingerprint density at radius 2 is 2.25 bits per heavy atom. The third-order valence-electron chi connectivity index (χ3n) is 3.89. The number of amides is 1. The number of rotatable bonds is 6. The van der Waals surface area contributed by atoms with Crippen LogP contribution in [0.15, 0.2) is 12.4 Å². The first-order valence-corrected chi connectivity index (χ1v) is 7.72. The van der Waals surface area contributed by atoms with Crippen molar-refractivity contribution in [1.29, 1.82) is 0 Å². The van der Waals surface area contributed by atoms with E-state index in [2.05, 4.69) is 22.2 Å². The van der Waals surface area contributed by atoms with Crippen molar-refractivity contribution in [1.82, 2.24) is 20.0 Å². The van der Waals surface area contributed by atoms with Gasteiger partial charge in [-0.1, -0.05) is 18.5 Å². The predicted molar refractivity (Wildman–Crippen MR) is 79.7 cm³/mol. The van der Waals surface area contributed by atoms with Gasteiger partial charge >= 0.3 is 0 Å². The number of carbonyl (C=O) groups excluding carboxylic acids is 1. The van der Waals surface area contributed by atoms with E-state index in [1.807, 2.05) is 0 Å². The molecule has 1 aliphatic rings. The average molecular weight is 299 g/mol. The molecular formula is C14H23ClN4O. The van der Waals surface area contributed by atoms with E-state index in [1.165, 1.54) is 0 Å².